The van der Waals surface area contributed by atoms with Crippen LogP contribution in [0.4, 0.5) is 51.2 Å². The lowest BCUT2D eigenvalue weighted by atomic mass is 10.1. The Balaban J connectivity index is 1.50. The fourth-order valence-electron chi connectivity index (χ4n) is 5.12. The molecule has 0 aliphatic heterocycles. The summed E-state index contributed by atoms with van der Waals surface area (Å²) in [5, 5.41) is 63.4. The number of benzene rings is 5. The molecule has 0 amide bonds. The van der Waals surface area contributed by atoms with Gasteiger partial charge in [0.05, 0.1) is 80.2 Å². The number of aromatic carboxylic acids is 1. The molecule has 0 atom stereocenters. The van der Waals surface area contributed by atoms with Crippen molar-refractivity contribution in [1.82, 2.24) is 0 Å². The lowest BCUT2D eigenvalue weighted by Gasteiger charge is -2.13. The Morgan fingerprint density at radius 1 is 0.697 bits per heavy atom. The largest absolute Gasteiger partial charge is 0.478 e. The molecule has 0 saturated heterocycles. The van der Waals surface area contributed by atoms with Crippen molar-refractivity contribution in [3.8, 4) is 0 Å². The lowest BCUT2D eigenvalue weighted by molar-refractivity contribution is -0.432. The lowest BCUT2D eigenvalue weighted by Crippen LogP contribution is -2.15. The van der Waals surface area contributed by atoms with E-state index in [1.165, 1.54) is 6.07 Å². The standard InChI is InChI=1S/C36H35N9O16S5/c1-21-7-13-26(28(19-21)63-60-57-48)41-44-34-30(36(46)47)33(43-40-23-8-10-24(11-9-23)62-59-55-16-15-39-22-5-3-2-4-6-22)31(37)35(32(34)38)45-42-27-14-12-25(20-29(27)64-61-58-49)65(50,51)18-17-56-66(52,53)54/h2-14,19-20,39,48-49H,15-18,37-38H2,1H3,(H,46,47)(H,52,53,54). The zero-order valence-corrected chi connectivity index (χ0v) is 37.6. The third kappa shape index (κ3) is 15.2. The molecule has 0 heterocycles. The van der Waals surface area contributed by atoms with Crippen LogP contribution < -0.4 is 16.8 Å². The van der Waals surface area contributed by atoms with Gasteiger partial charge >= 0.3 is 16.4 Å². The van der Waals surface area contributed by atoms with Crippen LogP contribution in [0.1, 0.15) is 15.9 Å². The molecule has 0 aliphatic rings. The number of rotatable bonds is 25. The molecule has 0 aromatic heterocycles. The summed E-state index contributed by atoms with van der Waals surface area (Å²) in [5.74, 6) is -2.50. The van der Waals surface area contributed by atoms with Gasteiger partial charge in [-0.15, -0.1) is 34.2 Å². The Hall–Kier alpha value is -5.68. The molecule has 66 heavy (non-hydrogen) atoms. The van der Waals surface area contributed by atoms with Crippen LogP contribution in [0.3, 0.4) is 0 Å². The summed E-state index contributed by atoms with van der Waals surface area (Å²) in [7, 11) is -9.20. The number of nitrogens with zero attached hydrogens (tertiary/aromatic N) is 6. The van der Waals surface area contributed by atoms with Crippen molar-refractivity contribution >= 4 is 114 Å². The number of carboxylic acid groups (broad SMARTS) is 1. The molecule has 9 N–H and O–H groups in total. The highest BCUT2D eigenvalue weighted by Crippen LogP contribution is 2.50. The quantitative estimate of drug-likeness (QED) is 0.00543. The number of nitrogen functional groups attached to an aromatic ring is 2. The van der Waals surface area contributed by atoms with Gasteiger partial charge in [0.2, 0.25) is 0 Å². The van der Waals surface area contributed by atoms with Crippen molar-refractivity contribution in [2.45, 2.75) is 26.5 Å². The number of sulfone groups is 1. The summed E-state index contributed by atoms with van der Waals surface area (Å²) in [4.78, 5) is 18.5. The Labute approximate surface area is 387 Å². The number of para-hydroxylation sites is 1. The van der Waals surface area contributed by atoms with E-state index >= 15 is 0 Å². The van der Waals surface area contributed by atoms with Gasteiger partial charge in [-0.25, -0.2) is 32.8 Å². The Kier molecular flexibility index (Phi) is 19.2. The molecule has 0 saturated carbocycles. The van der Waals surface area contributed by atoms with E-state index in [2.05, 4.69) is 58.9 Å². The molecule has 5 aromatic rings. The molecular weight excluding hydrogens is 975 g/mol. The molecule has 5 aromatic carbocycles. The summed E-state index contributed by atoms with van der Waals surface area (Å²) in [6.07, 6.45) is 0. The fraction of sp³-hybridized carbons (Fsp3) is 0.139. The number of carbonyl (C=O) groups is 1. The van der Waals surface area contributed by atoms with Crippen molar-refractivity contribution < 1.29 is 74.0 Å². The van der Waals surface area contributed by atoms with E-state index in [9.17, 15) is 26.7 Å². The number of azo groups is 3. The van der Waals surface area contributed by atoms with Gasteiger partial charge < -0.3 is 21.9 Å². The second-order valence-corrected chi connectivity index (χ2v) is 18.0. The molecule has 0 bridgehead atoms. The normalized spacial score (nSPS) is 12.2. The van der Waals surface area contributed by atoms with E-state index in [0.29, 0.717) is 23.5 Å². The summed E-state index contributed by atoms with van der Waals surface area (Å²) < 4.78 is 74.9. The molecule has 0 aliphatic carbocycles. The van der Waals surface area contributed by atoms with Crippen molar-refractivity contribution in [3.63, 3.8) is 0 Å². The first-order chi connectivity index (χ1) is 31.6. The number of nitrogens with one attached hydrogen (secondary N) is 1. The smallest absolute Gasteiger partial charge is 0.397 e. The molecule has 0 radical (unpaired) electrons. The topological polar surface area (TPSA) is 369 Å². The third-order valence-electron chi connectivity index (χ3n) is 8.09. The van der Waals surface area contributed by atoms with Gasteiger partial charge in [-0.1, -0.05) is 34.3 Å². The minimum atomic E-state index is -4.93. The first kappa shape index (κ1) is 51.3. The highest BCUT2D eigenvalue weighted by atomic mass is 32.3. The van der Waals surface area contributed by atoms with Gasteiger partial charge in [0.25, 0.3) is 0 Å². The van der Waals surface area contributed by atoms with Gasteiger partial charge in [0.1, 0.15) is 40.6 Å². The molecular formula is C36H35N9O16S5. The molecule has 25 nitrogen and oxygen atoms in total. The number of carboxylic acids is 1. The number of hydrogen-bond donors (Lipinski definition) is 7. The second-order valence-electron chi connectivity index (χ2n) is 12.5. The minimum Gasteiger partial charge on any atom is -0.478 e. The first-order valence-corrected chi connectivity index (χ1v) is 23.3. The van der Waals surface area contributed by atoms with Gasteiger partial charge in [-0.3, -0.25) is 4.55 Å². The Morgan fingerprint density at radius 3 is 1.89 bits per heavy atom. The molecule has 0 unspecified atom stereocenters. The third-order valence-corrected chi connectivity index (χ3v) is 12.1. The molecule has 30 heteroatoms. The van der Waals surface area contributed by atoms with Crippen molar-refractivity contribution in [1.29, 1.82) is 0 Å². The Morgan fingerprint density at radius 2 is 1.29 bits per heavy atom. The first-order valence-electron chi connectivity index (χ1n) is 18.1. The van der Waals surface area contributed by atoms with Crippen LogP contribution in [-0.4, -0.2) is 68.5 Å². The van der Waals surface area contributed by atoms with Crippen LogP contribution in [0.15, 0.2) is 141 Å². The zero-order chi connectivity index (χ0) is 47.7. The SMILES string of the molecule is Cc1ccc(N=Nc2c(N)c(N=Nc3ccc(S(=O)(=O)CCOS(=O)(=O)O)cc3SOOO)c(N)c(N=Nc3ccc(SOOCCNc4ccccc4)cc3)c2C(=O)O)c(SOOO)c1. The van der Waals surface area contributed by atoms with Gasteiger partial charge in [0.15, 0.2) is 9.84 Å². The average molecular weight is 1010 g/mol. The van der Waals surface area contributed by atoms with Crippen LogP contribution in [0.25, 0.3) is 0 Å². The predicted molar refractivity (Wildman–Crippen MR) is 238 cm³/mol. The highest BCUT2D eigenvalue weighted by molar-refractivity contribution is 7.95. The number of aryl methyl sites for hydroxylation is 1. The maximum Gasteiger partial charge on any atom is 0.397 e. The summed E-state index contributed by atoms with van der Waals surface area (Å²) in [5.41, 5.74) is 11.8. The van der Waals surface area contributed by atoms with E-state index in [0.717, 1.165) is 41.5 Å². The van der Waals surface area contributed by atoms with Crippen LogP contribution >= 0.6 is 36.1 Å². The number of anilines is 3. The van der Waals surface area contributed by atoms with Crippen molar-refractivity contribution in [2.24, 2.45) is 30.7 Å². The fourth-order valence-corrected chi connectivity index (χ4v) is 8.15. The zero-order valence-electron chi connectivity index (χ0n) is 33.6. The van der Waals surface area contributed by atoms with E-state index in [-0.39, 0.29) is 45.5 Å². The maximum atomic E-state index is 13.0. The van der Waals surface area contributed by atoms with E-state index in [1.807, 2.05) is 30.3 Å². The second kappa shape index (κ2) is 24.7. The van der Waals surface area contributed by atoms with Gasteiger partial charge in [-0.2, -0.15) is 17.9 Å². The summed E-state index contributed by atoms with van der Waals surface area (Å²) in [6.45, 7) is 1.56. The maximum absolute atomic E-state index is 13.0. The van der Waals surface area contributed by atoms with Crippen molar-refractivity contribution in [2.75, 3.05) is 42.3 Å². The molecule has 350 valence electrons. The van der Waals surface area contributed by atoms with E-state index in [1.54, 1.807) is 43.3 Å². The van der Waals surface area contributed by atoms with Crippen LogP contribution in [0.2, 0.25) is 0 Å². The van der Waals surface area contributed by atoms with E-state index in [4.69, 9.17) is 35.8 Å². The highest BCUT2D eigenvalue weighted by Gasteiger charge is 2.27. The van der Waals surface area contributed by atoms with Crippen LogP contribution in [0.5, 0.6) is 0 Å². The predicted octanol–water partition coefficient (Wildman–Crippen LogP) is 9.62. The van der Waals surface area contributed by atoms with Crippen molar-refractivity contribution in [3.05, 3.63) is 102 Å². The minimum absolute atomic E-state index is 0.102. The summed E-state index contributed by atoms with van der Waals surface area (Å²) in [6, 6.07) is 23.8. The summed E-state index contributed by atoms with van der Waals surface area (Å²) >= 11 is 1.75. The van der Waals surface area contributed by atoms with Gasteiger partial charge in [0, 0.05) is 17.1 Å². The molecule has 0 spiro atoms. The average Bonchev–Trinajstić information content (AvgIpc) is 3.28. The van der Waals surface area contributed by atoms with E-state index < -0.39 is 77.5 Å². The van der Waals surface area contributed by atoms with Crippen LogP contribution in [-0.2, 0) is 52.4 Å². The molecule has 0 fully saturated rings. The van der Waals surface area contributed by atoms with Gasteiger partial charge in [-0.05, 0) is 79.2 Å². The monoisotopic (exact) mass is 1010 g/mol. The van der Waals surface area contributed by atoms with Crippen LogP contribution in [0, 0.1) is 6.92 Å². The number of hydrogen-bond acceptors (Lipinski definition) is 26. The Bertz CT molecular complexity index is 2790. The molecule has 5 rings (SSSR count). The number of nitrogens with two attached hydrogens (primary N) is 2.